The van der Waals surface area contributed by atoms with Crippen molar-refractivity contribution in [1.82, 2.24) is 0 Å². The molecule has 0 amide bonds. The van der Waals surface area contributed by atoms with Gasteiger partial charge in [-0.2, -0.15) is 0 Å². The molecule has 2 N–H and O–H groups in total. The first-order valence-corrected chi connectivity index (χ1v) is 7.90. The van der Waals surface area contributed by atoms with Gasteiger partial charge in [0.2, 0.25) is 0 Å². The molecule has 0 aliphatic heterocycles. The molecule has 0 fully saturated rings. The van der Waals surface area contributed by atoms with E-state index >= 15 is 0 Å². The van der Waals surface area contributed by atoms with Crippen LogP contribution in [-0.4, -0.2) is 22.6 Å². The van der Waals surface area contributed by atoms with Gasteiger partial charge in [0.05, 0.1) is 24.9 Å². The number of rotatable bonds is 5. The van der Waals surface area contributed by atoms with Crippen LogP contribution in [0.15, 0.2) is 47.4 Å². The van der Waals surface area contributed by atoms with E-state index in [9.17, 15) is 8.42 Å². The number of benzene rings is 2. The Bertz CT molecular complexity index is 724. The number of hydrogen-bond donors (Lipinski definition) is 1. The molecule has 21 heavy (non-hydrogen) atoms. The summed E-state index contributed by atoms with van der Waals surface area (Å²) in [6.07, 6.45) is 0. The maximum absolute atomic E-state index is 12.4. The van der Waals surface area contributed by atoms with Crippen LogP contribution < -0.4 is 15.2 Å². The number of sulfone groups is 1. The summed E-state index contributed by atoms with van der Waals surface area (Å²) in [7, 11) is -0.450. The number of nitrogens with two attached hydrogens (primary N) is 1. The molecule has 2 rings (SSSR count). The molecule has 0 aliphatic carbocycles. The van der Waals surface area contributed by atoms with Crippen molar-refractivity contribution in [2.24, 2.45) is 0 Å². The highest BCUT2D eigenvalue weighted by atomic mass is 32.2. The molecule has 0 saturated carbocycles. The lowest BCUT2D eigenvalue weighted by atomic mass is 10.2. The fraction of sp³-hybridized carbons (Fsp3) is 0.200. The Morgan fingerprint density at radius 1 is 1.00 bits per heavy atom. The zero-order chi connectivity index (χ0) is 15.5. The Hall–Kier alpha value is -2.21. The lowest BCUT2D eigenvalue weighted by molar-refractivity contribution is 0.400. The molecule has 0 aromatic heterocycles. The third-order valence-electron chi connectivity index (χ3n) is 3.07. The van der Waals surface area contributed by atoms with Crippen molar-refractivity contribution in [3.63, 3.8) is 0 Å². The predicted molar refractivity (Wildman–Crippen MR) is 81.3 cm³/mol. The summed E-state index contributed by atoms with van der Waals surface area (Å²) in [5.41, 5.74) is 6.65. The SMILES string of the molecule is COc1ccc(OC)c(CS(=O)(=O)c2ccc(N)cc2)c1. The molecule has 0 unspecified atom stereocenters. The van der Waals surface area contributed by atoms with E-state index < -0.39 is 9.84 Å². The quantitative estimate of drug-likeness (QED) is 0.857. The van der Waals surface area contributed by atoms with Gasteiger partial charge in [-0.1, -0.05) is 0 Å². The van der Waals surface area contributed by atoms with Gasteiger partial charge in [0.1, 0.15) is 11.5 Å². The van der Waals surface area contributed by atoms with Crippen molar-refractivity contribution in [3.05, 3.63) is 48.0 Å². The zero-order valence-electron chi connectivity index (χ0n) is 11.9. The van der Waals surface area contributed by atoms with E-state index in [1.54, 1.807) is 30.3 Å². The summed E-state index contributed by atoms with van der Waals surface area (Å²) in [5, 5.41) is 0. The van der Waals surface area contributed by atoms with Crippen molar-refractivity contribution < 1.29 is 17.9 Å². The van der Waals surface area contributed by atoms with Crippen LogP contribution in [0.5, 0.6) is 11.5 Å². The minimum atomic E-state index is -3.48. The second-order valence-corrected chi connectivity index (χ2v) is 6.50. The second-order valence-electron chi connectivity index (χ2n) is 4.51. The Morgan fingerprint density at radius 3 is 2.24 bits per heavy atom. The molecule has 0 radical (unpaired) electrons. The first kappa shape index (κ1) is 15.2. The van der Waals surface area contributed by atoms with Crippen molar-refractivity contribution in [2.45, 2.75) is 10.6 Å². The Kier molecular flexibility index (Phi) is 4.37. The van der Waals surface area contributed by atoms with Crippen LogP contribution in [0.3, 0.4) is 0 Å². The first-order chi connectivity index (χ1) is 9.96. The zero-order valence-corrected chi connectivity index (χ0v) is 12.7. The van der Waals surface area contributed by atoms with Crippen molar-refractivity contribution >= 4 is 15.5 Å². The van der Waals surface area contributed by atoms with Gasteiger partial charge in [-0.05, 0) is 42.5 Å². The number of nitrogen functional groups attached to an aromatic ring is 1. The number of hydrogen-bond acceptors (Lipinski definition) is 5. The molecule has 0 bridgehead atoms. The number of methoxy groups -OCH3 is 2. The number of ether oxygens (including phenoxy) is 2. The minimum absolute atomic E-state index is 0.169. The minimum Gasteiger partial charge on any atom is -0.497 e. The van der Waals surface area contributed by atoms with E-state index in [2.05, 4.69) is 0 Å². The van der Waals surface area contributed by atoms with Gasteiger partial charge in [0.25, 0.3) is 0 Å². The van der Waals surface area contributed by atoms with Gasteiger partial charge in [0, 0.05) is 11.3 Å². The molecule has 0 atom stereocenters. The first-order valence-electron chi connectivity index (χ1n) is 6.25. The van der Waals surface area contributed by atoms with E-state index in [4.69, 9.17) is 15.2 Å². The van der Waals surface area contributed by atoms with E-state index in [1.165, 1.54) is 26.4 Å². The third-order valence-corrected chi connectivity index (χ3v) is 4.75. The molecular weight excluding hydrogens is 290 g/mol. The fourth-order valence-electron chi connectivity index (χ4n) is 1.96. The molecule has 5 nitrogen and oxygen atoms in total. The van der Waals surface area contributed by atoms with Crippen LogP contribution in [0.4, 0.5) is 5.69 Å². The van der Waals surface area contributed by atoms with Crippen LogP contribution in [0.25, 0.3) is 0 Å². The van der Waals surface area contributed by atoms with Gasteiger partial charge in [-0.25, -0.2) is 8.42 Å². The lowest BCUT2D eigenvalue weighted by Crippen LogP contribution is -2.06. The van der Waals surface area contributed by atoms with Crippen molar-refractivity contribution in [3.8, 4) is 11.5 Å². The molecule has 6 heteroatoms. The molecule has 0 spiro atoms. The highest BCUT2D eigenvalue weighted by molar-refractivity contribution is 7.90. The largest absolute Gasteiger partial charge is 0.497 e. The standard InChI is InChI=1S/C15H17NO4S/c1-19-13-5-8-15(20-2)11(9-13)10-21(17,18)14-6-3-12(16)4-7-14/h3-9H,10,16H2,1-2H3. The molecule has 0 aliphatic rings. The maximum atomic E-state index is 12.4. The van der Waals surface area contributed by atoms with E-state index in [0.717, 1.165) is 0 Å². The molecule has 2 aromatic rings. The summed E-state index contributed by atoms with van der Waals surface area (Å²) >= 11 is 0. The average Bonchev–Trinajstić information content (AvgIpc) is 2.47. The summed E-state index contributed by atoms with van der Waals surface area (Å²) in [6, 6.07) is 11.2. The van der Waals surface area contributed by atoms with E-state index in [1.807, 2.05) is 0 Å². The number of anilines is 1. The van der Waals surface area contributed by atoms with E-state index in [-0.39, 0.29) is 10.6 Å². The summed E-state index contributed by atoms with van der Waals surface area (Å²) in [6.45, 7) is 0. The molecule has 112 valence electrons. The van der Waals surface area contributed by atoms with Crippen molar-refractivity contribution in [1.29, 1.82) is 0 Å². The fourth-order valence-corrected chi connectivity index (χ4v) is 3.31. The second kappa shape index (κ2) is 6.05. The third kappa shape index (κ3) is 3.46. The summed E-state index contributed by atoms with van der Waals surface area (Å²) in [5.74, 6) is 0.922. The summed E-state index contributed by atoms with van der Waals surface area (Å²) < 4.78 is 35.2. The van der Waals surface area contributed by atoms with Crippen LogP contribution in [0.2, 0.25) is 0 Å². The Balaban J connectivity index is 2.38. The highest BCUT2D eigenvalue weighted by Crippen LogP contribution is 2.28. The lowest BCUT2D eigenvalue weighted by Gasteiger charge is -2.11. The topological polar surface area (TPSA) is 78.6 Å². The molecule has 2 aromatic carbocycles. The maximum Gasteiger partial charge on any atom is 0.182 e. The molecule has 0 saturated heterocycles. The van der Waals surface area contributed by atoms with Crippen LogP contribution in [0, 0.1) is 0 Å². The van der Waals surface area contributed by atoms with Crippen LogP contribution in [0.1, 0.15) is 5.56 Å². The van der Waals surface area contributed by atoms with Gasteiger partial charge in [-0.3, -0.25) is 0 Å². The van der Waals surface area contributed by atoms with Gasteiger partial charge < -0.3 is 15.2 Å². The van der Waals surface area contributed by atoms with Gasteiger partial charge in [0.15, 0.2) is 9.84 Å². The Labute approximate surface area is 124 Å². The normalized spacial score (nSPS) is 11.1. The van der Waals surface area contributed by atoms with Crippen molar-refractivity contribution in [2.75, 3.05) is 20.0 Å². The van der Waals surface area contributed by atoms with Crippen LogP contribution in [-0.2, 0) is 15.6 Å². The molecule has 0 heterocycles. The summed E-state index contributed by atoms with van der Waals surface area (Å²) in [4.78, 5) is 0.224. The van der Waals surface area contributed by atoms with Gasteiger partial charge >= 0.3 is 0 Å². The Morgan fingerprint density at radius 2 is 1.67 bits per heavy atom. The molecular formula is C15H17NO4S. The van der Waals surface area contributed by atoms with Gasteiger partial charge in [-0.15, -0.1) is 0 Å². The monoisotopic (exact) mass is 307 g/mol. The predicted octanol–water partition coefficient (Wildman–Crippen LogP) is 2.26. The van der Waals surface area contributed by atoms with Crippen LogP contribution >= 0.6 is 0 Å². The average molecular weight is 307 g/mol. The smallest absolute Gasteiger partial charge is 0.182 e. The van der Waals surface area contributed by atoms with E-state index in [0.29, 0.717) is 22.7 Å². The highest BCUT2D eigenvalue weighted by Gasteiger charge is 2.18.